The summed E-state index contributed by atoms with van der Waals surface area (Å²) >= 11 is 0. The maximum Gasteiger partial charge on any atom is 0.125 e. The van der Waals surface area contributed by atoms with Gasteiger partial charge in [0, 0.05) is 23.5 Å². The molecule has 0 aliphatic rings. The number of nitrogens with one attached hydrogen (secondary N) is 1. The Hall–Kier alpha value is -1.88. The fourth-order valence-corrected chi connectivity index (χ4v) is 1.43. The second-order valence-electron chi connectivity index (χ2n) is 3.44. The van der Waals surface area contributed by atoms with Gasteiger partial charge in [0.25, 0.3) is 0 Å². The van der Waals surface area contributed by atoms with Crippen LogP contribution in [0.5, 0.6) is 0 Å². The van der Waals surface area contributed by atoms with E-state index in [1.54, 1.807) is 12.4 Å². The number of nitrogens with zero attached hydrogens (tertiary/aromatic N) is 2. The van der Waals surface area contributed by atoms with Crippen molar-refractivity contribution in [1.29, 1.82) is 0 Å². The van der Waals surface area contributed by atoms with Crippen LogP contribution in [0.4, 0.5) is 5.82 Å². The first-order valence-electron chi connectivity index (χ1n) is 4.57. The molecular weight excluding hydrogens is 192 g/mol. The van der Waals surface area contributed by atoms with E-state index in [1.165, 1.54) is 6.20 Å². The number of H-pyrrole nitrogens is 1. The Labute approximate surface area is 87.0 Å². The van der Waals surface area contributed by atoms with E-state index in [9.17, 15) is 5.11 Å². The highest BCUT2D eigenvalue weighted by molar-refractivity contribution is 5.42. The summed E-state index contributed by atoms with van der Waals surface area (Å²) in [7, 11) is 0. The van der Waals surface area contributed by atoms with Crippen molar-refractivity contribution in [2.75, 3.05) is 5.73 Å². The molecule has 78 valence electrons. The van der Waals surface area contributed by atoms with Gasteiger partial charge in [-0.15, -0.1) is 0 Å². The molecule has 5 heteroatoms. The van der Waals surface area contributed by atoms with E-state index < -0.39 is 6.10 Å². The number of aryl methyl sites for hydroxylation is 1. The van der Waals surface area contributed by atoms with Gasteiger partial charge in [-0.2, -0.15) is 5.10 Å². The molecule has 15 heavy (non-hydrogen) atoms. The normalized spacial score (nSPS) is 12.7. The van der Waals surface area contributed by atoms with E-state index in [-0.39, 0.29) is 0 Å². The van der Waals surface area contributed by atoms with E-state index >= 15 is 0 Å². The molecule has 2 aromatic heterocycles. The lowest BCUT2D eigenvalue weighted by Gasteiger charge is -2.09. The molecule has 0 bridgehead atoms. The highest BCUT2D eigenvalue weighted by Crippen LogP contribution is 2.24. The van der Waals surface area contributed by atoms with Crippen molar-refractivity contribution < 1.29 is 5.11 Å². The van der Waals surface area contributed by atoms with Crippen molar-refractivity contribution in [3.63, 3.8) is 0 Å². The summed E-state index contributed by atoms with van der Waals surface area (Å²) in [4.78, 5) is 4.01. The summed E-state index contributed by atoms with van der Waals surface area (Å²) in [6.07, 6.45) is 4.08. The van der Waals surface area contributed by atoms with Gasteiger partial charge < -0.3 is 10.8 Å². The van der Waals surface area contributed by atoms with Gasteiger partial charge in [0.15, 0.2) is 0 Å². The number of aromatic amines is 1. The van der Waals surface area contributed by atoms with Crippen molar-refractivity contribution in [2.24, 2.45) is 0 Å². The maximum atomic E-state index is 10.0. The summed E-state index contributed by atoms with van der Waals surface area (Å²) in [5.74, 6) is 0.379. The molecule has 0 aromatic carbocycles. The fraction of sp³-hybridized carbons (Fsp3) is 0.200. The minimum Gasteiger partial charge on any atom is -0.384 e. The number of hydrogen-bond acceptors (Lipinski definition) is 4. The quantitative estimate of drug-likeness (QED) is 0.674. The number of pyridine rings is 1. The van der Waals surface area contributed by atoms with Gasteiger partial charge in [-0.05, 0) is 12.5 Å². The van der Waals surface area contributed by atoms with E-state index in [2.05, 4.69) is 15.2 Å². The number of aliphatic hydroxyl groups is 1. The average Bonchev–Trinajstić information content (AvgIpc) is 2.63. The van der Waals surface area contributed by atoms with Gasteiger partial charge >= 0.3 is 0 Å². The van der Waals surface area contributed by atoms with Gasteiger partial charge in [0.2, 0.25) is 0 Å². The van der Waals surface area contributed by atoms with Crippen LogP contribution in [-0.2, 0) is 0 Å². The largest absolute Gasteiger partial charge is 0.384 e. The van der Waals surface area contributed by atoms with Crippen molar-refractivity contribution in [3.05, 3.63) is 41.3 Å². The molecule has 2 aromatic rings. The summed E-state index contributed by atoms with van der Waals surface area (Å²) < 4.78 is 0. The van der Waals surface area contributed by atoms with Gasteiger partial charge in [0.05, 0.1) is 6.20 Å². The first-order chi connectivity index (χ1) is 7.18. The molecule has 0 fully saturated rings. The van der Waals surface area contributed by atoms with Crippen molar-refractivity contribution >= 4 is 5.82 Å². The molecule has 0 saturated heterocycles. The summed E-state index contributed by atoms with van der Waals surface area (Å²) in [6, 6.07) is 1.87. The molecule has 0 amide bonds. The molecular formula is C10H12N4O. The Kier molecular flexibility index (Phi) is 2.39. The lowest BCUT2D eigenvalue weighted by Crippen LogP contribution is -2.02. The predicted octanol–water partition coefficient (Wildman–Crippen LogP) is 0.777. The Morgan fingerprint density at radius 3 is 2.80 bits per heavy atom. The highest BCUT2D eigenvalue weighted by atomic mass is 16.3. The van der Waals surface area contributed by atoms with Crippen LogP contribution in [0.3, 0.4) is 0 Å². The molecule has 0 saturated carbocycles. The van der Waals surface area contributed by atoms with Crippen LogP contribution < -0.4 is 5.73 Å². The lowest BCUT2D eigenvalue weighted by atomic mass is 10.0. The maximum absolute atomic E-state index is 10.0. The Morgan fingerprint density at radius 2 is 2.20 bits per heavy atom. The Morgan fingerprint density at radius 1 is 1.40 bits per heavy atom. The Balaban J connectivity index is 2.36. The van der Waals surface area contributed by atoms with Crippen LogP contribution in [-0.4, -0.2) is 20.3 Å². The highest BCUT2D eigenvalue weighted by Gasteiger charge is 2.15. The van der Waals surface area contributed by atoms with Gasteiger partial charge in [-0.3, -0.25) is 10.1 Å². The third kappa shape index (κ3) is 1.82. The minimum absolute atomic E-state index is 0.379. The van der Waals surface area contributed by atoms with Crippen molar-refractivity contribution in [2.45, 2.75) is 13.0 Å². The Bertz CT molecular complexity index is 466. The van der Waals surface area contributed by atoms with E-state index in [0.717, 1.165) is 5.56 Å². The summed E-state index contributed by atoms with van der Waals surface area (Å²) in [5, 5.41) is 16.3. The summed E-state index contributed by atoms with van der Waals surface area (Å²) in [6.45, 7) is 1.92. The zero-order valence-electron chi connectivity index (χ0n) is 8.31. The second-order valence-corrected chi connectivity index (χ2v) is 3.44. The van der Waals surface area contributed by atoms with Crippen molar-refractivity contribution in [1.82, 2.24) is 15.2 Å². The number of aromatic nitrogens is 3. The summed E-state index contributed by atoms with van der Waals surface area (Å²) in [5.41, 5.74) is 7.90. The average molecular weight is 204 g/mol. The molecule has 1 atom stereocenters. The fourth-order valence-electron chi connectivity index (χ4n) is 1.43. The topological polar surface area (TPSA) is 87.8 Å². The van der Waals surface area contributed by atoms with Crippen LogP contribution in [0.25, 0.3) is 0 Å². The molecule has 0 aliphatic carbocycles. The van der Waals surface area contributed by atoms with Crippen LogP contribution in [0.15, 0.2) is 24.7 Å². The molecule has 0 radical (unpaired) electrons. The minimum atomic E-state index is -0.781. The standard InChI is InChI=1S/C10H12N4O/c1-6-2-7(4-12-3-6)9(15)8-5-13-14-10(8)11/h2-5,9,15H,1H3,(H3,11,13,14). The third-order valence-electron chi connectivity index (χ3n) is 2.21. The number of hydrogen-bond donors (Lipinski definition) is 3. The van der Waals surface area contributed by atoms with Crippen LogP contribution in [0.1, 0.15) is 22.8 Å². The monoisotopic (exact) mass is 204 g/mol. The molecule has 5 nitrogen and oxygen atoms in total. The van der Waals surface area contributed by atoms with E-state index in [0.29, 0.717) is 16.9 Å². The number of nitrogen functional groups attached to an aromatic ring is 1. The lowest BCUT2D eigenvalue weighted by molar-refractivity contribution is 0.220. The number of aliphatic hydroxyl groups excluding tert-OH is 1. The number of nitrogens with two attached hydrogens (primary N) is 1. The van der Waals surface area contributed by atoms with Gasteiger partial charge in [-0.25, -0.2) is 0 Å². The molecule has 0 spiro atoms. The number of rotatable bonds is 2. The SMILES string of the molecule is Cc1cncc(C(O)c2cn[nH]c2N)c1. The van der Waals surface area contributed by atoms with E-state index in [4.69, 9.17) is 5.73 Å². The van der Waals surface area contributed by atoms with Gasteiger partial charge in [0.1, 0.15) is 11.9 Å². The third-order valence-corrected chi connectivity index (χ3v) is 2.21. The zero-order chi connectivity index (χ0) is 10.8. The van der Waals surface area contributed by atoms with Crippen LogP contribution >= 0.6 is 0 Å². The molecule has 2 rings (SSSR count). The van der Waals surface area contributed by atoms with Crippen LogP contribution in [0, 0.1) is 6.92 Å². The molecule has 2 heterocycles. The second kappa shape index (κ2) is 3.70. The van der Waals surface area contributed by atoms with Gasteiger partial charge in [-0.1, -0.05) is 6.07 Å². The molecule has 4 N–H and O–H groups in total. The zero-order valence-corrected chi connectivity index (χ0v) is 8.31. The predicted molar refractivity (Wildman–Crippen MR) is 56.0 cm³/mol. The van der Waals surface area contributed by atoms with E-state index in [1.807, 2.05) is 13.0 Å². The molecule has 0 aliphatic heterocycles. The molecule has 1 unspecified atom stereocenters. The first-order valence-corrected chi connectivity index (χ1v) is 4.57. The smallest absolute Gasteiger partial charge is 0.125 e. The van der Waals surface area contributed by atoms with Crippen molar-refractivity contribution in [3.8, 4) is 0 Å². The van der Waals surface area contributed by atoms with Crippen LogP contribution in [0.2, 0.25) is 0 Å². The first kappa shape index (κ1) is 9.67. The number of anilines is 1.